The number of hydrazone groups is 1. The Bertz CT molecular complexity index is 1210. The fraction of sp³-hybridized carbons (Fsp3) is 0.130. The molecule has 0 fully saturated rings. The zero-order chi connectivity index (χ0) is 24.9. The largest absolute Gasteiger partial charge is 0.478 e. The maximum absolute atomic E-state index is 12.7. The average molecular weight is 506 g/mol. The summed E-state index contributed by atoms with van der Waals surface area (Å²) in [7, 11) is 0. The number of anilines is 1. The van der Waals surface area contributed by atoms with Gasteiger partial charge in [-0.15, -0.1) is 11.8 Å². The molecule has 0 aliphatic carbocycles. The standard InChI is InChI=1S/C23H18F3N3O3S2/c1-13(28-29-22(33)27-17-4-2-3-15(11-17)21(31)32)18-12-34-19(20(18)30)10-7-14-5-8-16(9-6-14)23(24,25)26/h2-12,19H,1H3,(H,31,32)(H2,27,29,33)/b10-7+,28-13+. The summed E-state index contributed by atoms with van der Waals surface area (Å²) in [5, 5.41) is 17.2. The molecule has 3 rings (SSSR count). The van der Waals surface area contributed by atoms with Crippen LogP contribution in [0.1, 0.15) is 28.4 Å². The van der Waals surface area contributed by atoms with E-state index < -0.39 is 23.0 Å². The van der Waals surface area contributed by atoms with Crippen molar-refractivity contribution in [3.63, 3.8) is 0 Å². The molecule has 6 nitrogen and oxygen atoms in total. The van der Waals surface area contributed by atoms with Gasteiger partial charge in [-0.3, -0.25) is 10.2 Å². The first-order valence-corrected chi connectivity index (χ1v) is 11.1. The Labute approximate surface area is 202 Å². The predicted molar refractivity (Wildman–Crippen MR) is 131 cm³/mol. The molecule has 0 amide bonds. The van der Waals surface area contributed by atoms with Crippen LogP contribution in [0.15, 0.2) is 70.7 Å². The molecule has 1 atom stereocenters. The number of rotatable bonds is 6. The molecule has 2 aromatic carbocycles. The van der Waals surface area contributed by atoms with Crippen LogP contribution in [-0.4, -0.2) is 32.9 Å². The van der Waals surface area contributed by atoms with Crippen LogP contribution in [0.4, 0.5) is 18.9 Å². The summed E-state index contributed by atoms with van der Waals surface area (Å²) < 4.78 is 38.0. The summed E-state index contributed by atoms with van der Waals surface area (Å²) in [5.41, 5.74) is 3.77. The van der Waals surface area contributed by atoms with Crippen LogP contribution in [0.2, 0.25) is 0 Å². The van der Waals surface area contributed by atoms with E-state index in [0.717, 1.165) is 12.1 Å². The van der Waals surface area contributed by atoms with Crippen molar-refractivity contribution in [3.05, 3.63) is 82.3 Å². The number of carboxylic acids is 1. The maximum Gasteiger partial charge on any atom is 0.416 e. The van der Waals surface area contributed by atoms with Crippen LogP contribution >= 0.6 is 24.0 Å². The summed E-state index contributed by atoms with van der Waals surface area (Å²) in [6.45, 7) is 1.63. The van der Waals surface area contributed by atoms with Gasteiger partial charge in [0.1, 0.15) is 0 Å². The first-order valence-electron chi connectivity index (χ1n) is 9.75. The predicted octanol–water partition coefficient (Wildman–Crippen LogP) is 5.35. The highest BCUT2D eigenvalue weighted by molar-refractivity contribution is 8.04. The quantitative estimate of drug-likeness (QED) is 0.277. The minimum Gasteiger partial charge on any atom is -0.478 e. The van der Waals surface area contributed by atoms with Gasteiger partial charge in [0.2, 0.25) is 0 Å². The SMILES string of the molecule is C/C(=N\NC(=S)Nc1cccc(C(=O)O)c1)C1=CSC(/C=C/c2ccc(C(F)(F)F)cc2)C1=O. The number of ketones is 1. The summed E-state index contributed by atoms with van der Waals surface area (Å²) in [6, 6.07) is 10.7. The number of thioether (sulfide) groups is 1. The van der Waals surface area contributed by atoms with E-state index in [4.69, 9.17) is 17.3 Å². The number of aromatic carboxylic acids is 1. The van der Waals surface area contributed by atoms with Gasteiger partial charge in [-0.2, -0.15) is 18.3 Å². The summed E-state index contributed by atoms with van der Waals surface area (Å²) in [5.74, 6) is -1.26. The van der Waals surface area contributed by atoms with Crippen LogP contribution in [0, 0.1) is 0 Å². The molecule has 11 heteroatoms. The second kappa shape index (κ2) is 10.7. The number of carbonyl (C=O) groups excluding carboxylic acids is 1. The van der Waals surface area contributed by atoms with Crippen molar-refractivity contribution < 1.29 is 27.9 Å². The van der Waals surface area contributed by atoms with E-state index in [9.17, 15) is 22.8 Å². The first-order chi connectivity index (χ1) is 16.0. The van der Waals surface area contributed by atoms with E-state index in [0.29, 0.717) is 22.5 Å². The molecular formula is C23H18F3N3O3S2. The van der Waals surface area contributed by atoms with Gasteiger partial charge in [-0.05, 0) is 60.4 Å². The lowest BCUT2D eigenvalue weighted by molar-refractivity contribution is -0.137. The number of hydrogen-bond acceptors (Lipinski definition) is 5. The summed E-state index contributed by atoms with van der Waals surface area (Å²) in [4.78, 5) is 23.7. The molecule has 0 aromatic heterocycles. The van der Waals surface area contributed by atoms with Crippen LogP contribution in [-0.2, 0) is 11.0 Å². The molecule has 1 aliphatic heterocycles. The molecule has 176 valence electrons. The summed E-state index contributed by atoms with van der Waals surface area (Å²) in [6.07, 6.45) is -1.17. The van der Waals surface area contributed by atoms with Gasteiger partial charge in [0.05, 0.1) is 22.1 Å². The van der Waals surface area contributed by atoms with Crippen molar-refractivity contribution in [2.45, 2.75) is 18.3 Å². The molecule has 1 unspecified atom stereocenters. The number of alkyl halides is 3. The van der Waals surface area contributed by atoms with Crippen molar-refractivity contribution in [1.82, 2.24) is 5.43 Å². The van der Waals surface area contributed by atoms with Gasteiger partial charge >= 0.3 is 12.1 Å². The second-order valence-electron chi connectivity index (χ2n) is 7.08. The maximum atomic E-state index is 12.7. The van der Waals surface area contributed by atoms with E-state index >= 15 is 0 Å². The molecule has 1 aliphatic rings. The first kappa shape index (κ1) is 25.2. The third kappa shape index (κ3) is 6.55. The second-order valence-corrected chi connectivity index (χ2v) is 8.50. The van der Waals surface area contributed by atoms with E-state index in [1.807, 2.05) is 0 Å². The number of allylic oxidation sites excluding steroid dienone is 1. The van der Waals surface area contributed by atoms with Crippen LogP contribution in [0.5, 0.6) is 0 Å². The Morgan fingerprint density at radius 3 is 2.56 bits per heavy atom. The van der Waals surface area contributed by atoms with Crippen molar-refractivity contribution in [2.24, 2.45) is 5.10 Å². The highest BCUT2D eigenvalue weighted by Gasteiger charge is 2.30. The highest BCUT2D eigenvalue weighted by atomic mass is 32.2. The van der Waals surface area contributed by atoms with Crippen LogP contribution in [0.25, 0.3) is 6.08 Å². The zero-order valence-electron chi connectivity index (χ0n) is 17.6. The monoisotopic (exact) mass is 505 g/mol. The molecule has 34 heavy (non-hydrogen) atoms. The zero-order valence-corrected chi connectivity index (χ0v) is 19.2. The lowest BCUT2D eigenvalue weighted by Gasteiger charge is -2.09. The normalized spacial score (nSPS) is 16.5. The number of Topliss-reactive ketones (excluding diaryl/α,β-unsaturated/α-hetero) is 1. The molecule has 0 radical (unpaired) electrons. The lowest BCUT2D eigenvalue weighted by atomic mass is 10.1. The molecule has 1 heterocycles. The molecule has 0 saturated carbocycles. The topological polar surface area (TPSA) is 90.8 Å². The minimum atomic E-state index is -4.40. The average Bonchev–Trinajstić information content (AvgIpc) is 3.16. The Hall–Kier alpha value is -3.44. The van der Waals surface area contributed by atoms with Crippen molar-refractivity contribution in [1.29, 1.82) is 0 Å². The van der Waals surface area contributed by atoms with E-state index in [2.05, 4.69) is 15.8 Å². The molecule has 2 aromatic rings. The Morgan fingerprint density at radius 2 is 1.91 bits per heavy atom. The minimum absolute atomic E-state index is 0.0987. The van der Waals surface area contributed by atoms with Gasteiger partial charge in [0.15, 0.2) is 10.9 Å². The molecule has 3 N–H and O–H groups in total. The number of hydrogen-bond donors (Lipinski definition) is 3. The number of thiocarbonyl (C=S) groups is 1. The Kier molecular flexibility index (Phi) is 7.90. The van der Waals surface area contributed by atoms with Gasteiger partial charge < -0.3 is 10.4 Å². The summed E-state index contributed by atoms with van der Waals surface area (Å²) >= 11 is 6.41. The smallest absolute Gasteiger partial charge is 0.416 e. The number of halogens is 3. The Morgan fingerprint density at radius 1 is 1.21 bits per heavy atom. The van der Waals surface area contributed by atoms with Gasteiger partial charge in [-0.25, -0.2) is 4.79 Å². The number of benzene rings is 2. The lowest BCUT2D eigenvalue weighted by Crippen LogP contribution is -2.26. The highest BCUT2D eigenvalue weighted by Crippen LogP contribution is 2.31. The fourth-order valence-electron chi connectivity index (χ4n) is 2.88. The van der Waals surface area contributed by atoms with Gasteiger partial charge in [0, 0.05) is 11.3 Å². The molecule has 0 saturated heterocycles. The van der Waals surface area contributed by atoms with E-state index in [-0.39, 0.29) is 16.5 Å². The number of carboxylic acid groups (broad SMARTS) is 1. The van der Waals surface area contributed by atoms with Crippen LogP contribution in [0.3, 0.4) is 0 Å². The van der Waals surface area contributed by atoms with Crippen molar-refractivity contribution in [2.75, 3.05) is 5.32 Å². The number of carbonyl (C=O) groups is 2. The van der Waals surface area contributed by atoms with E-state index in [1.165, 1.54) is 36.0 Å². The molecule has 0 bridgehead atoms. The molecule has 0 spiro atoms. The fourth-order valence-corrected chi connectivity index (χ4v) is 4.03. The van der Waals surface area contributed by atoms with Crippen molar-refractivity contribution >= 4 is 58.3 Å². The molecular weight excluding hydrogens is 487 g/mol. The van der Waals surface area contributed by atoms with Gasteiger partial charge in [-0.1, -0.05) is 30.4 Å². The van der Waals surface area contributed by atoms with E-state index in [1.54, 1.807) is 36.6 Å². The van der Waals surface area contributed by atoms with Gasteiger partial charge in [0.25, 0.3) is 0 Å². The van der Waals surface area contributed by atoms with Crippen LogP contribution < -0.4 is 10.7 Å². The Balaban J connectivity index is 1.57. The number of nitrogens with one attached hydrogen (secondary N) is 2. The third-order valence-electron chi connectivity index (χ3n) is 4.64. The third-order valence-corrected chi connectivity index (χ3v) is 5.87. The van der Waals surface area contributed by atoms with Crippen molar-refractivity contribution in [3.8, 4) is 0 Å². The number of nitrogens with zero attached hydrogens (tertiary/aromatic N) is 1.